The van der Waals surface area contributed by atoms with Gasteiger partial charge in [-0.15, -0.1) is 0 Å². The number of sulfone groups is 1. The SMILES string of the molecule is CS(=O)(=O)CCn1cnc2c(oc3ccccc32)c1=O. The fraction of sp³-hybridized carbons (Fsp3) is 0.231. The number of hydrogen-bond acceptors (Lipinski definition) is 5. The molecule has 2 aromatic heterocycles. The molecular weight excluding hydrogens is 280 g/mol. The van der Waals surface area contributed by atoms with E-state index >= 15 is 0 Å². The van der Waals surface area contributed by atoms with E-state index in [9.17, 15) is 13.2 Å². The lowest BCUT2D eigenvalue weighted by molar-refractivity contribution is 0.589. The maximum atomic E-state index is 12.2. The molecule has 0 spiro atoms. The first-order valence-electron chi connectivity index (χ1n) is 6.00. The maximum absolute atomic E-state index is 12.2. The molecule has 0 N–H and O–H groups in total. The van der Waals surface area contributed by atoms with Gasteiger partial charge in [0.2, 0.25) is 5.58 Å². The zero-order chi connectivity index (χ0) is 14.3. The summed E-state index contributed by atoms with van der Waals surface area (Å²) in [7, 11) is -3.14. The van der Waals surface area contributed by atoms with Crippen LogP contribution in [0.1, 0.15) is 0 Å². The summed E-state index contributed by atoms with van der Waals surface area (Å²) in [6.45, 7) is 0.0671. The van der Waals surface area contributed by atoms with E-state index in [0.29, 0.717) is 11.1 Å². The van der Waals surface area contributed by atoms with Crippen molar-refractivity contribution < 1.29 is 12.8 Å². The number of fused-ring (bicyclic) bond motifs is 3. The fourth-order valence-electron chi connectivity index (χ4n) is 2.04. The van der Waals surface area contributed by atoms with Crippen molar-refractivity contribution in [2.24, 2.45) is 0 Å². The molecule has 0 aliphatic rings. The Morgan fingerprint density at radius 3 is 2.80 bits per heavy atom. The molecule has 104 valence electrons. The van der Waals surface area contributed by atoms with Crippen LogP contribution in [-0.4, -0.2) is 30.0 Å². The van der Waals surface area contributed by atoms with Crippen molar-refractivity contribution in [3.8, 4) is 0 Å². The Bertz CT molecular complexity index is 953. The molecule has 0 bridgehead atoms. The van der Waals surface area contributed by atoms with E-state index in [1.807, 2.05) is 18.2 Å². The lowest BCUT2D eigenvalue weighted by Crippen LogP contribution is -2.23. The Labute approximate surface area is 114 Å². The second-order valence-electron chi connectivity index (χ2n) is 4.65. The molecule has 0 aliphatic heterocycles. The first-order chi connectivity index (χ1) is 9.46. The number of furan rings is 1. The van der Waals surface area contributed by atoms with Crippen molar-refractivity contribution in [3.05, 3.63) is 40.9 Å². The van der Waals surface area contributed by atoms with Crippen LogP contribution in [0, 0.1) is 0 Å². The third kappa shape index (κ3) is 2.20. The number of rotatable bonds is 3. The molecule has 0 amide bonds. The van der Waals surface area contributed by atoms with Crippen LogP contribution >= 0.6 is 0 Å². The van der Waals surface area contributed by atoms with Gasteiger partial charge in [0.1, 0.15) is 20.9 Å². The van der Waals surface area contributed by atoms with Crippen molar-refractivity contribution in [1.82, 2.24) is 9.55 Å². The first-order valence-corrected chi connectivity index (χ1v) is 8.06. The monoisotopic (exact) mass is 292 g/mol. The average molecular weight is 292 g/mol. The minimum absolute atomic E-state index is 0.0671. The minimum atomic E-state index is -3.14. The van der Waals surface area contributed by atoms with Gasteiger partial charge in [0, 0.05) is 18.2 Å². The van der Waals surface area contributed by atoms with Gasteiger partial charge in [-0.05, 0) is 12.1 Å². The summed E-state index contributed by atoms with van der Waals surface area (Å²) in [6.07, 6.45) is 2.49. The third-order valence-electron chi connectivity index (χ3n) is 3.05. The Balaban J connectivity index is 2.16. The number of para-hydroxylation sites is 1. The predicted molar refractivity (Wildman–Crippen MR) is 75.5 cm³/mol. The third-order valence-corrected chi connectivity index (χ3v) is 3.98. The smallest absolute Gasteiger partial charge is 0.297 e. The van der Waals surface area contributed by atoms with Crippen molar-refractivity contribution in [2.75, 3.05) is 12.0 Å². The van der Waals surface area contributed by atoms with E-state index < -0.39 is 9.84 Å². The summed E-state index contributed by atoms with van der Waals surface area (Å²) in [5, 5.41) is 0.773. The Morgan fingerprint density at radius 2 is 2.05 bits per heavy atom. The zero-order valence-corrected chi connectivity index (χ0v) is 11.6. The maximum Gasteiger partial charge on any atom is 0.297 e. The van der Waals surface area contributed by atoms with E-state index in [1.165, 1.54) is 10.9 Å². The lowest BCUT2D eigenvalue weighted by Gasteiger charge is -2.02. The lowest BCUT2D eigenvalue weighted by atomic mass is 10.2. The molecule has 0 atom stereocenters. The molecule has 7 heteroatoms. The molecule has 1 aromatic carbocycles. The van der Waals surface area contributed by atoms with Crippen molar-refractivity contribution in [3.63, 3.8) is 0 Å². The van der Waals surface area contributed by atoms with Gasteiger partial charge >= 0.3 is 0 Å². The molecule has 6 nitrogen and oxygen atoms in total. The van der Waals surface area contributed by atoms with Gasteiger partial charge in [0.25, 0.3) is 5.56 Å². The summed E-state index contributed by atoms with van der Waals surface area (Å²) < 4.78 is 29.1. The highest BCUT2D eigenvalue weighted by atomic mass is 32.2. The van der Waals surface area contributed by atoms with E-state index in [2.05, 4.69) is 4.98 Å². The number of hydrogen-bond donors (Lipinski definition) is 0. The first kappa shape index (κ1) is 12.9. The predicted octanol–water partition coefficient (Wildman–Crippen LogP) is 1.19. The highest BCUT2D eigenvalue weighted by molar-refractivity contribution is 7.90. The quantitative estimate of drug-likeness (QED) is 0.724. The Morgan fingerprint density at radius 1 is 1.30 bits per heavy atom. The Kier molecular flexibility index (Phi) is 2.86. The van der Waals surface area contributed by atoms with Crippen LogP contribution in [0.3, 0.4) is 0 Å². The van der Waals surface area contributed by atoms with Crippen LogP contribution in [0.25, 0.3) is 22.1 Å². The van der Waals surface area contributed by atoms with Gasteiger partial charge in [0.15, 0.2) is 0 Å². The largest absolute Gasteiger partial charge is 0.448 e. The number of nitrogens with zero attached hydrogens (tertiary/aromatic N) is 2. The molecule has 0 radical (unpaired) electrons. The summed E-state index contributed by atoms with van der Waals surface area (Å²) >= 11 is 0. The zero-order valence-electron chi connectivity index (χ0n) is 10.7. The highest BCUT2D eigenvalue weighted by Gasteiger charge is 2.13. The van der Waals surface area contributed by atoms with Gasteiger partial charge in [-0.1, -0.05) is 12.1 Å². The van der Waals surface area contributed by atoms with Crippen LogP contribution < -0.4 is 5.56 Å². The highest BCUT2D eigenvalue weighted by Crippen LogP contribution is 2.23. The van der Waals surface area contributed by atoms with Crippen molar-refractivity contribution in [2.45, 2.75) is 6.54 Å². The van der Waals surface area contributed by atoms with Gasteiger partial charge < -0.3 is 4.42 Å². The summed E-state index contributed by atoms with van der Waals surface area (Å²) in [5.74, 6) is -0.111. The van der Waals surface area contributed by atoms with E-state index in [-0.39, 0.29) is 23.4 Å². The van der Waals surface area contributed by atoms with E-state index in [4.69, 9.17) is 4.42 Å². The van der Waals surface area contributed by atoms with Gasteiger partial charge in [-0.3, -0.25) is 9.36 Å². The molecule has 3 rings (SSSR count). The molecule has 0 unspecified atom stereocenters. The second kappa shape index (κ2) is 4.45. The van der Waals surface area contributed by atoms with Crippen LogP contribution in [0.4, 0.5) is 0 Å². The number of aryl methyl sites for hydroxylation is 1. The van der Waals surface area contributed by atoms with Crippen LogP contribution in [0.5, 0.6) is 0 Å². The molecule has 0 saturated carbocycles. The van der Waals surface area contributed by atoms with Gasteiger partial charge in [-0.25, -0.2) is 13.4 Å². The van der Waals surface area contributed by atoms with Crippen LogP contribution in [0.2, 0.25) is 0 Å². The Hall–Kier alpha value is -2.15. The minimum Gasteiger partial charge on any atom is -0.448 e. The topological polar surface area (TPSA) is 82.2 Å². The molecule has 3 aromatic rings. The molecule has 0 aliphatic carbocycles. The molecular formula is C13H12N2O4S. The van der Waals surface area contributed by atoms with Crippen molar-refractivity contribution >= 4 is 31.9 Å². The van der Waals surface area contributed by atoms with Crippen LogP contribution in [-0.2, 0) is 16.4 Å². The molecule has 0 saturated heterocycles. The van der Waals surface area contributed by atoms with Gasteiger partial charge in [-0.2, -0.15) is 0 Å². The normalized spacial score (nSPS) is 12.2. The van der Waals surface area contributed by atoms with E-state index in [0.717, 1.165) is 11.6 Å². The number of benzene rings is 1. The van der Waals surface area contributed by atoms with Crippen LogP contribution in [0.15, 0.2) is 39.8 Å². The standard InChI is InChI=1S/C13H12N2O4S/c1-20(17,18)7-6-15-8-14-11-9-4-2-3-5-10(9)19-12(11)13(15)16/h2-5,8H,6-7H2,1H3. The van der Waals surface area contributed by atoms with Gasteiger partial charge in [0.05, 0.1) is 12.1 Å². The van der Waals surface area contributed by atoms with E-state index in [1.54, 1.807) is 6.07 Å². The molecule has 20 heavy (non-hydrogen) atoms. The second-order valence-corrected chi connectivity index (χ2v) is 6.91. The average Bonchev–Trinajstić information content (AvgIpc) is 2.77. The summed E-state index contributed by atoms with van der Waals surface area (Å²) in [6, 6.07) is 7.24. The summed E-state index contributed by atoms with van der Waals surface area (Å²) in [5.41, 5.74) is 0.881. The van der Waals surface area contributed by atoms with Crippen molar-refractivity contribution in [1.29, 1.82) is 0 Å². The number of aromatic nitrogens is 2. The molecule has 0 fully saturated rings. The molecule has 2 heterocycles. The fourth-order valence-corrected chi connectivity index (χ4v) is 2.57. The summed E-state index contributed by atoms with van der Waals surface area (Å²) in [4.78, 5) is 16.5.